The van der Waals surface area contributed by atoms with Crippen molar-refractivity contribution in [3.05, 3.63) is 35.6 Å². The Morgan fingerprint density at radius 1 is 1.47 bits per heavy atom. The van der Waals surface area contributed by atoms with Crippen LogP contribution in [0.4, 0.5) is 4.39 Å². The molecule has 2 heteroatoms. The van der Waals surface area contributed by atoms with Gasteiger partial charge in [0.1, 0.15) is 5.82 Å². The monoisotopic (exact) mass is 254 g/mol. The van der Waals surface area contributed by atoms with Crippen molar-refractivity contribution < 1.29 is 4.39 Å². The topological polar surface area (TPSA) is 0 Å². The average Bonchev–Trinajstić information content (AvgIpc) is 2.58. The molecule has 94 valence electrons. The molecule has 1 saturated carbocycles. The van der Waals surface area contributed by atoms with E-state index in [0.717, 1.165) is 12.0 Å². The van der Waals surface area contributed by atoms with Crippen molar-refractivity contribution in [2.45, 2.75) is 44.9 Å². The third-order valence-corrected chi connectivity index (χ3v) is 4.55. The van der Waals surface area contributed by atoms with Crippen LogP contribution in [0.2, 0.25) is 0 Å². The summed E-state index contributed by atoms with van der Waals surface area (Å²) in [5.74, 6) is 0.379. The van der Waals surface area contributed by atoms with Gasteiger partial charge in [0.2, 0.25) is 0 Å². The fourth-order valence-electron chi connectivity index (χ4n) is 3.06. The fraction of sp³-hybridized carbons (Fsp3) is 0.600. The molecule has 1 aliphatic carbocycles. The lowest BCUT2D eigenvalue weighted by molar-refractivity contribution is 0.250. The molecule has 0 saturated heterocycles. The predicted octanol–water partition coefficient (Wildman–Crippen LogP) is 4.80. The Kier molecular flexibility index (Phi) is 3.77. The van der Waals surface area contributed by atoms with Crippen molar-refractivity contribution in [1.82, 2.24) is 0 Å². The van der Waals surface area contributed by atoms with Crippen molar-refractivity contribution >= 4 is 11.6 Å². The van der Waals surface area contributed by atoms with E-state index in [1.807, 2.05) is 6.07 Å². The first kappa shape index (κ1) is 12.9. The van der Waals surface area contributed by atoms with Crippen molar-refractivity contribution in [3.8, 4) is 0 Å². The summed E-state index contributed by atoms with van der Waals surface area (Å²) >= 11 is 6.54. The zero-order valence-corrected chi connectivity index (χ0v) is 11.3. The highest BCUT2D eigenvalue weighted by molar-refractivity contribution is 6.21. The number of hydrogen-bond acceptors (Lipinski definition) is 0. The quantitative estimate of drug-likeness (QED) is 0.680. The van der Waals surface area contributed by atoms with Gasteiger partial charge in [-0.15, -0.1) is 11.6 Å². The van der Waals surface area contributed by atoms with E-state index >= 15 is 0 Å². The number of hydrogen-bond donors (Lipinski definition) is 0. The second-order valence-corrected chi connectivity index (χ2v) is 6.40. The van der Waals surface area contributed by atoms with Gasteiger partial charge in [-0.1, -0.05) is 32.4 Å². The Hall–Kier alpha value is -0.560. The standard InChI is InChI=1S/C15H20ClF/c1-15(2)8-4-7-13(15)14(16)10-11-5-3-6-12(17)9-11/h3,5-6,9,13-14H,4,7-8,10H2,1-2H3. The van der Waals surface area contributed by atoms with E-state index in [1.165, 1.54) is 25.3 Å². The largest absolute Gasteiger partial charge is 0.207 e. The van der Waals surface area contributed by atoms with Gasteiger partial charge in [0.05, 0.1) is 0 Å². The molecule has 0 N–H and O–H groups in total. The zero-order chi connectivity index (χ0) is 12.5. The molecule has 0 heterocycles. The molecule has 0 aromatic heterocycles. The summed E-state index contributed by atoms with van der Waals surface area (Å²) in [6.45, 7) is 4.59. The zero-order valence-electron chi connectivity index (χ0n) is 10.5. The molecule has 0 radical (unpaired) electrons. The van der Waals surface area contributed by atoms with Gasteiger partial charge in [-0.25, -0.2) is 4.39 Å². The van der Waals surface area contributed by atoms with Gasteiger partial charge in [-0.2, -0.15) is 0 Å². The third kappa shape index (κ3) is 3.01. The minimum atomic E-state index is -0.169. The van der Waals surface area contributed by atoms with Gasteiger partial charge in [0.15, 0.2) is 0 Å². The summed E-state index contributed by atoms with van der Waals surface area (Å²) in [6.07, 6.45) is 4.50. The maximum absolute atomic E-state index is 13.1. The summed E-state index contributed by atoms with van der Waals surface area (Å²) in [5, 5.41) is 0.120. The summed E-state index contributed by atoms with van der Waals surface area (Å²) in [6, 6.07) is 6.79. The molecule has 2 atom stereocenters. The van der Waals surface area contributed by atoms with E-state index in [2.05, 4.69) is 13.8 Å². The Morgan fingerprint density at radius 2 is 2.24 bits per heavy atom. The Labute approximate surface area is 108 Å². The van der Waals surface area contributed by atoms with Crippen LogP contribution in [0.3, 0.4) is 0 Å². The fourth-order valence-corrected chi connectivity index (χ4v) is 3.70. The van der Waals surface area contributed by atoms with Crippen molar-refractivity contribution in [2.24, 2.45) is 11.3 Å². The van der Waals surface area contributed by atoms with Crippen LogP contribution in [-0.4, -0.2) is 5.38 Å². The predicted molar refractivity (Wildman–Crippen MR) is 70.9 cm³/mol. The second-order valence-electron chi connectivity index (χ2n) is 5.84. The summed E-state index contributed by atoms with van der Waals surface area (Å²) < 4.78 is 13.1. The molecule has 1 fully saturated rings. The van der Waals surface area contributed by atoms with Gasteiger partial charge in [0, 0.05) is 5.38 Å². The molecule has 0 aliphatic heterocycles. The lowest BCUT2D eigenvalue weighted by atomic mass is 9.78. The molecular formula is C15H20ClF. The minimum absolute atomic E-state index is 0.120. The molecule has 0 amide bonds. The van der Waals surface area contributed by atoms with Crippen LogP contribution in [0, 0.1) is 17.2 Å². The van der Waals surface area contributed by atoms with Crippen LogP contribution in [0.1, 0.15) is 38.7 Å². The van der Waals surface area contributed by atoms with Crippen LogP contribution in [0.15, 0.2) is 24.3 Å². The second kappa shape index (κ2) is 4.97. The molecule has 0 spiro atoms. The van der Waals surface area contributed by atoms with Crippen LogP contribution in [-0.2, 0) is 6.42 Å². The molecule has 1 aliphatic rings. The van der Waals surface area contributed by atoms with Gasteiger partial charge in [0.25, 0.3) is 0 Å². The van der Waals surface area contributed by atoms with Crippen LogP contribution in [0.5, 0.6) is 0 Å². The molecular weight excluding hydrogens is 235 g/mol. The molecule has 17 heavy (non-hydrogen) atoms. The van der Waals surface area contributed by atoms with Crippen molar-refractivity contribution in [1.29, 1.82) is 0 Å². The Morgan fingerprint density at radius 3 is 2.82 bits per heavy atom. The van der Waals surface area contributed by atoms with E-state index < -0.39 is 0 Å². The van der Waals surface area contributed by atoms with Crippen LogP contribution < -0.4 is 0 Å². The first-order valence-corrected chi connectivity index (χ1v) is 6.81. The van der Waals surface area contributed by atoms with Gasteiger partial charge in [-0.05, 0) is 48.3 Å². The van der Waals surface area contributed by atoms with Crippen LogP contribution >= 0.6 is 11.6 Å². The lowest BCUT2D eigenvalue weighted by Crippen LogP contribution is -2.27. The normalized spacial score (nSPS) is 24.8. The van der Waals surface area contributed by atoms with Crippen molar-refractivity contribution in [3.63, 3.8) is 0 Å². The maximum atomic E-state index is 13.1. The lowest BCUT2D eigenvalue weighted by Gasteiger charge is -2.30. The molecule has 1 aromatic rings. The first-order chi connectivity index (χ1) is 7.99. The summed E-state index contributed by atoms with van der Waals surface area (Å²) in [7, 11) is 0. The summed E-state index contributed by atoms with van der Waals surface area (Å²) in [4.78, 5) is 0. The highest BCUT2D eigenvalue weighted by atomic mass is 35.5. The average molecular weight is 255 g/mol. The minimum Gasteiger partial charge on any atom is -0.207 e. The molecule has 0 nitrogen and oxygen atoms in total. The van der Waals surface area contributed by atoms with E-state index in [1.54, 1.807) is 12.1 Å². The third-order valence-electron chi connectivity index (χ3n) is 4.10. The molecule has 2 unspecified atom stereocenters. The highest BCUT2D eigenvalue weighted by Gasteiger charge is 2.38. The number of benzene rings is 1. The van der Waals surface area contributed by atoms with Gasteiger partial charge >= 0.3 is 0 Å². The SMILES string of the molecule is CC1(C)CCCC1C(Cl)Cc1cccc(F)c1. The number of rotatable bonds is 3. The number of alkyl halides is 1. The number of halogens is 2. The highest BCUT2D eigenvalue weighted by Crippen LogP contribution is 2.46. The Bertz CT molecular complexity index is 386. The van der Waals surface area contributed by atoms with E-state index in [-0.39, 0.29) is 11.2 Å². The van der Waals surface area contributed by atoms with E-state index in [9.17, 15) is 4.39 Å². The Balaban J connectivity index is 2.04. The van der Waals surface area contributed by atoms with Crippen LogP contribution in [0.25, 0.3) is 0 Å². The van der Waals surface area contributed by atoms with Gasteiger partial charge < -0.3 is 0 Å². The molecule has 0 bridgehead atoms. The molecule has 2 rings (SSSR count). The smallest absolute Gasteiger partial charge is 0.123 e. The maximum Gasteiger partial charge on any atom is 0.123 e. The van der Waals surface area contributed by atoms with E-state index in [4.69, 9.17) is 11.6 Å². The summed E-state index contributed by atoms with van der Waals surface area (Å²) in [5.41, 5.74) is 1.34. The molecule has 1 aromatic carbocycles. The van der Waals surface area contributed by atoms with Crippen molar-refractivity contribution in [2.75, 3.05) is 0 Å². The van der Waals surface area contributed by atoms with Gasteiger partial charge in [-0.3, -0.25) is 0 Å². The van der Waals surface area contributed by atoms with E-state index in [0.29, 0.717) is 11.3 Å². The first-order valence-electron chi connectivity index (χ1n) is 6.37.